The van der Waals surface area contributed by atoms with Crippen LogP contribution < -0.4 is 11.1 Å². The summed E-state index contributed by atoms with van der Waals surface area (Å²) >= 11 is 4.74. The smallest absolute Gasteiger partial charge is 0.0921 e. The zero-order valence-corrected chi connectivity index (χ0v) is 7.82. The first-order chi connectivity index (χ1) is 5.68. The highest BCUT2D eigenvalue weighted by Crippen LogP contribution is 2.07. The highest BCUT2D eigenvalue weighted by atomic mass is 32.1. The highest BCUT2D eigenvalue weighted by Gasteiger charge is 1.91. The maximum atomic E-state index is 5.34. The van der Waals surface area contributed by atoms with E-state index in [0.29, 0.717) is 11.5 Å². The van der Waals surface area contributed by atoms with Gasteiger partial charge in [-0.15, -0.1) is 0 Å². The molecule has 0 aliphatic rings. The molecular formula is C9H12N2S. The minimum absolute atomic E-state index is 0.482. The van der Waals surface area contributed by atoms with E-state index in [4.69, 9.17) is 18.0 Å². The van der Waals surface area contributed by atoms with Gasteiger partial charge >= 0.3 is 0 Å². The molecule has 0 fully saturated rings. The summed E-state index contributed by atoms with van der Waals surface area (Å²) in [4.78, 5) is 0.482. The van der Waals surface area contributed by atoms with Crippen LogP contribution in [0.4, 0.5) is 5.69 Å². The van der Waals surface area contributed by atoms with Crippen LogP contribution in [0.25, 0.3) is 0 Å². The van der Waals surface area contributed by atoms with Gasteiger partial charge in [0.2, 0.25) is 0 Å². The number of anilines is 1. The maximum absolute atomic E-state index is 5.34. The first kappa shape index (κ1) is 9.00. The van der Waals surface area contributed by atoms with Gasteiger partial charge in [-0.05, 0) is 19.1 Å². The third kappa shape index (κ3) is 2.88. The van der Waals surface area contributed by atoms with Crippen LogP contribution in [0.5, 0.6) is 0 Å². The van der Waals surface area contributed by atoms with E-state index in [1.807, 2.05) is 24.3 Å². The van der Waals surface area contributed by atoms with Gasteiger partial charge in [-0.25, -0.2) is 0 Å². The Morgan fingerprint density at radius 2 is 2.00 bits per heavy atom. The van der Waals surface area contributed by atoms with Crippen LogP contribution in [-0.4, -0.2) is 11.5 Å². The first-order valence-corrected chi connectivity index (χ1v) is 4.18. The third-order valence-corrected chi connectivity index (χ3v) is 1.66. The quantitative estimate of drug-likeness (QED) is 0.695. The normalized spacial score (nSPS) is 9.42. The van der Waals surface area contributed by atoms with Crippen LogP contribution >= 0.6 is 12.2 Å². The van der Waals surface area contributed by atoms with E-state index in [2.05, 4.69) is 12.2 Å². The average molecular weight is 180 g/mol. The minimum atomic E-state index is 0.482. The molecule has 0 amide bonds. The zero-order chi connectivity index (χ0) is 8.97. The molecule has 0 aliphatic heterocycles. The van der Waals surface area contributed by atoms with Crippen molar-refractivity contribution in [3.63, 3.8) is 0 Å². The van der Waals surface area contributed by atoms with Crippen LogP contribution in [-0.2, 0) is 0 Å². The van der Waals surface area contributed by atoms with Crippen LogP contribution in [0.15, 0.2) is 24.3 Å². The molecule has 3 heteroatoms. The molecule has 1 rings (SSSR count). The standard InChI is InChI=1S/C9H12N2S/c1-7-2-4-8(5-3-7)11-6-9(10)12/h2-5,11H,6H2,1H3,(H2,10,12). The van der Waals surface area contributed by atoms with E-state index < -0.39 is 0 Å². The number of nitrogens with two attached hydrogens (primary N) is 1. The van der Waals surface area contributed by atoms with E-state index >= 15 is 0 Å². The molecule has 0 heterocycles. The summed E-state index contributed by atoms with van der Waals surface area (Å²) in [6.07, 6.45) is 0. The number of nitrogens with one attached hydrogen (secondary N) is 1. The maximum Gasteiger partial charge on any atom is 0.0921 e. The summed E-state index contributed by atoms with van der Waals surface area (Å²) in [5.41, 5.74) is 7.63. The minimum Gasteiger partial charge on any atom is -0.392 e. The lowest BCUT2D eigenvalue weighted by Gasteiger charge is -2.04. The lowest BCUT2D eigenvalue weighted by molar-refractivity contribution is 1.37. The fourth-order valence-electron chi connectivity index (χ4n) is 0.861. The van der Waals surface area contributed by atoms with Crippen LogP contribution in [0, 0.1) is 6.92 Å². The molecule has 0 saturated heterocycles. The molecule has 0 unspecified atom stereocenters. The summed E-state index contributed by atoms with van der Waals surface area (Å²) in [7, 11) is 0. The monoisotopic (exact) mass is 180 g/mol. The van der Waals surface area contributed by atoms with Gasteiger partial charge in [-0.3, -0.25) is 0 Å². The largest absolute Gasteiger partial charge is 0.392 e. The molecular weight excluding hydrogens is 168 g/mol. The van der Waals surface area contributed by atoms with Crippen molar-refractivity contribution in [3.8, 4) is 0 Å². The SMILES string of the molecule is Cc1ccc(NCC(N)=S)cc1. The molecule has 1 aromatic carbocycles. The van der Waals surface area contributed by atoms with Crippen molar-refractivity contribution in [1.29, 1.82) is 0 Å². The molecule has 0 aromatic heterocycles. The Balaban J connectivity index is 2.53. The molecule has 12 heavy (non-hydrogen) atoms. The lowest BCUT2D eigenvalue weighted by atomic mass is 10.2. The van der Waals surface area contributed by atoms with E-state index in [1.165, 1.54) is 5.56 Å². The third-order valence-electron chi connectivity index (χ3n) is 1.52. The Morgan fingerprint density at radius 1 is 1.42 bits per heavy atom. The van der Waals surface area contributed by atoms with Crippen molar-refractivity contribution in [1.82, 2.24) is 0 Å². The highest BCUT2D eigenvalue weighted by molar-refractivity contribution is 7.80. The van der Waals surface area contributed by atoms with Gasteiger partial charge in [-0.1, -0.05) is 29.9 Å². The Kier molecular flexibility index (Phi) is 3.05. The summed E-state index contributed by atoms with van der Waals surface area (Å²) in [5, 5.41) is 3.11. The van der Waals surface area contributed by atoms with Gasteiger partial charge in [0.25, 0.3) is 0 Å². The summed E-state index contributed by atoms with van der Waals surface area (Å²) < 4.78 is 0. The van der Waals surface area contributed by atoms with E-state index in [-0.39, 0.29) is 0 Å². The van der Waals surface area contributed by atoms with Gasteiger partial charge in [0.05, 0.1) is 11.5 Å². The zero-order valence-electron chi connectivity index (χ0n) is 7.00. The Morgan fingerprint density at radius 3 is 2.50 bits per heavy atom. The molecule has 0 bridgehead atoms. The average Bonchev–Trinajstić information content (AvgIpc) is 2.03. The van der Waals surface area contributed by atoms with Gasteiger partial charge < -0.3 is 11.1 Å². The summed E-state index contributed by atoms with van der Waals surface area (Å²) in [6, 6.07) is 8.10. The first-order valence-electron chi connectivity index (χ1n) is 3.77. The van der Waals surface area contributed by atoms with Crippen molar-refractivity contribution in [3.05, 3.63) is 29.8 Å². The summed E-state index contributed by atoms with van der Waals surface area (Å²) in [5.74, 6) is 0. The molecule has 0 atom stereocenters. The molecule has 0 spiro atoms. The fraction of sp³-hybridized carbons (Fsp3) is 0.222. The number of rotatable bonds is 3. The van der Waals surface area contributed by atoms with Gasteiger partial charge in [0, 0.05) is 5.69 Å². The second-order valence-electron chi connectivity index (χ2n) is 2.69. The second-order valence-corrected chi connectivity index (χ2v) is 3.21. The lowest BCUT2D eigenvalue weighted by Crippen LogP contribution is -2.19. The molecule has 1 aromatic rings. The number of thiocarbonyl (C=S) groups is 1. The van der Waals surface area contributed by atoms with Crippen LogP contribution in [0.2, 0.25) is 0 Å². The Labute approximate surface area is 77.8 Å². The molecule has 2 nitrogen and oxygen atoms in total. The number of benzene rings is 1. The molecule has 3 N–H and O–H groups in total. The van der Waals surface area contributed by atoms with Gasteiger partial charge in [0.15, 0.2) is 0 Å². The van der Waals surface area contributed by atoms with Gasteiger partial charge in [0.1, 0.15) is 0 Å². The second kappa shape index (κ2) is 4.07. The number of hydrogen-bond donors (Lipinski definition) is 2. The number of hydrogen-bond acceptors (Lipinski definition) is 2. The Hall–Kier alpha value is -1.09. The molecule has 64 valence electrons. The fourth-order valence-corrected chi connectivity index (χ4v) is 0.933. The summed E-state index contributed by atoms with van der Waals surface area (Å²) in [6.45, 7) is 2.61. The molecule has 0 radical (unpaired) electrons. The number of aryl methyl sites for hydroxylation is 1. The van der Waals surface area contributed by atoms with Crippen molar-refractivity contribution in [2.45, 2.75) is 6.92 Å². The van der Waals surface area contributed by atoms with Gasteiger partial charge in [-0.2, -0.15) is 0 Å². The Bertz CT molecular complexity index is 266. The molecule has 0 saturated carbocycles. The van der Waals surface area contributed by atoms with Crippen LogP contribution in [0.3, 0.4) is 0 Å². The van der Waals surface area contributed by atoms with Crippen molar-refractivity contribution < 1.29 is 0 Å². The van der Waals surface area contributed by atoms with E-state index in [9.17, 15) is 0 Å². The predicted molar refractivity (Wildman–Crippen MR) is 56.5 cm³/mol. The topological polar surface area (TPSA) is 38.0 Å². The van der Waals surface area contributed by atoms with Crippen molar-refractivity contribution in [2.75, 3.05) is 11.9 Å². The van der Waals surface area contributed by atoms with Crippen molar-refractivity contribution >= 4 is 22.9 Å². The predicted octanol–water partition coefficient (Wildman–Crippen LogP) is 1.69. The van der Waals surface area contributed by atoms with E-state index in [0.717, 1.165) is 5.69 Å². The van der Waals surface area contributed by atoms with E-state index in [1.54, 1.807) is 0 Å². The van der Waals surface area contributed by atoms with Crippen molar-refractivity contribution in [2.24, 2.45) is 5.73 Å². The molecule has 0 aliphatic carbocycles. The van der Waals surface area contributed by atoms with Crippen LogP contribution in [0.1, 0.15) is 5.56 Å².